The molecule has 0 spiro atoms. The van der Waals surface area contributed by atoms with E-state index >= 15 is 0 Å². The van der Waals surface area contributed by atoms with E-state index in [1.807, 2.05) is 43.4 Å². The number of carbonyl (C=O) groups excluding carboxylic acids is 1. The molecule has 172 valence electrons. The van der Waals surface area contributed by atoms with Crippen LogP contribution in [0.5, 0.6) is 5.75 Å². The van der Waals surface area contributed by atoms with E-state index in [2.05, 4.69) is 36.8 Å². The minimum atomic E-state index is -0.110. The number of nitrogens with zero attached hydrogens (tertiary/aromatic N) is 3. The average molecular weight is 447 g/mol. The van der Waals surface area contributed by atoms with Gasteiger partial charge < -0.3 is 25.3 Å². The lowest BCUT2D eigenvalue weighted by Gasteiger charge is -2.21. The van der Waals surface area contributed by atoms with Crippen LogP contribution in [0.4, 0.5) is 5.69 Å². The highest BCUT2D eigenvalue weighted by molar-refractivity contribution is 5.95. The molecule has 3 aromatic rings. The van der Waals surface area contributed by atoms with E-state index in [4.69, 9.17) is 4.74 Å². The largest absolute Gasteiger partial charge is 0.493 e. The normalized spacial score (nSPS) is 15.7. The molecule has 8 heteroatoms. The van der Waals surface area contributed by atoms with Gasteiger partial charge in [-0.05, 0) is 49.7 Å². The van der Waals surface area contributed by atoms with Crippen LogP contribution in [-0.2, 0) is 26.6 Å². The van der Waals surface area contributed by atoms with Crippen LogP contribution in [0.3, 0.4) is 0 Å². The van der Waals surface area contributed by atoms with Crippen LogP contribution in [-0.4, -0.2) is 40.4 Å². The summed E-state index contributed by atoms with van der Waals surface area (Å²) in [5.74, 6) is 3.21. The predicted octanol–water partition coefficient (Wildman–Crippen LogP) is 2.76. The molecule has 0 unspecified atom stereocenters. The molecule has 0 saturated carbocycles. The molecule has 2 aliphatic heterocycles. The van der Waals surface area contributed by atoms with Gasteiger partial charge in [-0.25, -0.2) is 0 Å². The Hall–Kier alpha value is -3.39. The summed E-state index contributed by atoms with van der Waals surface area (Å²) in [6, 6.07) is 13.6. The molecule has 1 aromatic heterocycles. The van der Waals surface area contributed by atoms with Crippen molar-refractivity contribution in [1.82, 2.24) is 25.4 Å². The molecule has 2 aliphatic rings. The Bertz CT molecular complexity index is 1140. The number of anilines is 1. The standard InChI is InChI=1S/C25H30N6O2/c1-31-22(29-30-24(31)18-8-11-26-12-9-18)16-27-21-7-3-5-19(14-21)25(32)28-15-20-6-2-4-17-10-13-33-23(17)20/h2-7,14,18,26-27H,8-13,15-16H2,1H3,(H,28,32). The SMILES string of the molecule is Cn1c(CNc2cccc(C(=O)NCc3cccc4c3OCC4)c2)nnc1C1CCNCC1. The number of carbonyl (C=O) groups is 1. The zero-order valence-corrected chi connectivity index (χ0v) is 18.9. The highest BCUT2D eigenvalue weighted by atomic mass is 16.5. The fourth-order valence-corrected chi connectivity index (χ4v) is 4.62. The number of piperidine rings is 1. The van der Waals surface area contributed by atoms with Crippen molar-refractivity contribution in [3.63, 3.8) is 0 Å². The van der Waals surface area contributed by atoms with Gasteiger partial charge in [0.05, 0.1) is 13.2 Å². The summed E-state index contributed by atoms with van der Waals surface area (Å²) in [5, 5.41) is 18.6. The smallest absolute Gasteiger partial charge is 0.251 e. The van der Waals surface area contributed by atoms with Gasteiger partial charge in [-0.15, -0.1) is 10.2 Å². The van der Waals surface area contributed by atoms with Crippen molar-refractivity contribution in [2.75, 3.05) is 25.0 Å². The third-order valence-electron chi connectivity index (χ3n) is 6.51. The number of amides is 1. The molecule has 0 radical (unpaired) electrons. The van der Waals surface area contributed by atoms with Crippen LogP contribution in [0, 0.1) is 0 Å². The second-order valence-corrected chi connectivity index (χ2v) is 8.68. The number of hydrogen-bond acceptors (Lipinski definition) is 6. The van der Waals surface area contributed by atoms with E-state index in [1.165, 1.54) is 5.56 Å². The van der Waals surface area contributed by atoms with E-state index in [-0.39, 0.29) is 5.91 Å². The molecular formula is C25H30N6O2. The number of rotatable bonds is 7. The minimum Gasteiger partial charge on any atom is -0.493 e. The lowest BCUT2D eigenvalue weighted by Crippen LogP contribution is -2.28. The lowest BCUT2D eigenvalue weighted by atomic mass is 9.97. The van der Waals surface area contributed by atoms with Crippen molar-refractivity contribution < 1.29 is 9.53 Å². The van der Waals surface area contributed by atoms with Gasteiger partial charge in [0.1, 0.15) is 11.6 Å². The first-order valence-electron chi connectivity index (χ1n) is 11.6. The summed E-state index contributed by atoms with van der Waals surface area (Å²) in [5.41, 5.74) is 3.71. The Balaban J connectivity index is 1.20. The van der Waals surface area contributed by atoms with Crippen molar-refractivity contribution >= 4 is 11.6 Å². The molecule has 3 N–H and O–H groups in total. The molecule has 0 atom stereocenters. The molecule has 1 saturated heterocycles. The molecule has 3 heterocycles. The van der Waals surface area contributed by atoms with Gasteiger partial charge in [-0.1, -0.05) is 24.3 Å². The number of ether oxygens (including phenoxy) is 1. The number of para-hydroxylation sites is 1. The van der Waals surface area contributed by atoms with E-state index < -0.39 is 0 Å². The van der Waals surface area contributed by atoms with Crippen LogP contribution in [0.2, 0.25) is 0 Å². The summed E-state index contributed by atoms with van der Waals surface area (Å²) in [7, 11) is 2.03. The van der Waals surface area contributed by atoms with Crippen molar-refractivity contribution in [2.24, 2.45) is 7.05 Å². The predicted molar refractivity (Wildman–Crippen MR) is 126 cm³/mol. The molecule has 2 aromatic carbocycles. The highest BCUT2D eigenvalue weighted by Gasteiger charge is 2.21. The van der Waals surface area contributed by atoms with Crippen molar-refractivity contribution in [3.8, 4) is 5.75 Å². The van der Waals surface area contributed by atoms with E-state index in [1.54, 1.807) is 0 Å². The van der Waals surface area contributed by atoms with Crippen molar-refractivity contribution in [3.05, 3.63) is 70.8 Å². The fourth-order valence-electron chi connectivity index (χ4n) is 4.62. The van der Waals surface area contributed by atoms with Gasteiger partial charge in [-0.3, -0.25) is 4.79 Å². The van der Waals surface area contributed by atoms with Crippen LogP contribution >= 0.6 is 0 Å². The quantitative estimate of drug-likeness (QED) is 0.517. The maximum Gasteiger partial charge on any atom is 0.251 e. The third kappa shape index (κ3) is 4.71. The van der Waals surface area contributed by atoms with Gasteiger partial charge in [0, 0.05) is 42.7 Å². The molecule has 0 aliphatic carbocycles. The van der Waals surface area contributed by atoms with Crippen LogP contribution < -0.4 is 20.7 Å². The van der Waals surface area contributed by atoms with E-state index in [9.17, 15) is 4.79 Å². The Morgan fingerprint density at radius 2 is 2.00 bits per heavy atom. The Kier molecular flexibility index (Phi) is 6.26. The van der Waals surface area contributed by atoms with Gasteiger partial charge >= 0.3 is 0 Å². The monoisotopic (exact) mass is 446 g/mol. The van der Waals surface area contributed by atoms with Gasteiger partial charge in [0.2, 0.25) is 0 Å². The second kappa shape index (κ2) is 9.62. The van der Waals surface area contributed by atoms with Crippen LogP contribution in [0.15, 0.2) is 42.5 Å². The summed E-state index contributed by atoms with van der Waals surface area (Å²) < 4.78 is 7.83. The number of nitrogens with one attached hydrogen (secondary N) is 3. The van der Waals surface area contributed by atoms with Crippen molar-refractivity contribution in [1.29, 1.82) is 0 Å². The topological polar surface area (TPSA) is 93.1 Å². The first kappa shape index (κ1) is 21.5. The van der Waals surface area contributed by atoms with E-state index in [0.29, 0.717) is 31.2 Å². The summed E-state index contributed by atoms with van der Waals surface area (Å²) in [4.78, 5) is 12.8. The summed E-state index contributed by atoms with van der Waals surface area (Å²) in [6.45, 7) is 3.75. The highest BCUT2D eigenvalue weighted by Crippen LogP contribution is 2.29. The fraction of sp³-hybridized carbons (Fsp3) is 0.400. The zero-order valence-electron chi connectivity index (χ0n) is 18.9. The second-order valence-electron chi connectivity index (χ2n) is 8.68. The lowest BCUT2D eigenvalue weighted by molar-refractivity contribution is 0.0950. The van der Waals surface area contributed by atoms with Crippen LogP contribution in [0.25, 0.3) is 0 Å². The Morgan fingerprint density at radius 3 is 2.88 bits per heavy atom. The number of fused-ring (bicyclic) bond motifs is 1. The van der Waals surface area contributed by atoms with E-state index in [0.717, 1.165) is 61.0 Å². The van der Waals surface area contributed by atoms with Gasteiger partial charge in [0.25, 0.3) is 5.91 Å². The summed E-state index contributed by atoms with van der Waals surface area (Å²) in [6.07, 6.45) is 3.11. The first-order chi connectivity index (χ1) is 16.2. The Labute approximate surface area is 193 Å². The molecule has 8 nitrogen and oxygen atoms in total. The molecule has 1 amide bonds. The number of aromatic nitrogens is 3. The van der Waals surface area contributed by atoms with Crippen LogP contribution in [0.1, 0.15) is 51.9 Å². The van der Waals surface area contributed by atoms with Gasteiger partial charge in [0.15, 0.2) is 5.82 Å². The molecular weight excluding hydrogens is 416 g/mol. The number of hydrogen-bond donors (Lipinski definition) is 3. The maximum atomic E-state index is 12.8. The van der Waals surface area contributed by atoms with Gasteiger partial charge in [-0.2, -0.15) is 0 Å². The Morgan fingerprint density at radius 1 is 1.15 bits per heavy atom. The zero-order chi connectivity index (χ0) is 22.6. The molecule has 1 fully saturated rings. The third-order valence-corrected chi connectivity index (χ3v) is 6.51. The first-order valence-corrected chi connectivity index (χ1v) is 11.6. The van der Waals surface area contributed by atoms with Crippen molar-refractivity contribution in [2.45, 2.75) is 38.3 Å². The molecule has 0 bridgehead atoms. The maximum absolute atomic E-state index is 12.8. The minimum absolute atomic E-state index is 0.110. The molecule has 5 rings (SSSR count). The molecule has 33 heavy (non-hydrogen) atoms. The number of benzene rings is 2. The average Bonchev–Trinajstić information content (AvgIpc) is 3.49. The summed E-state index contributed by atoms with van der Waals surface area (Å²) >= 11 is 0.